The molecule has 7 heteroatoms. The van der Waals surface area contributed by atoms with Gasteiger partial charge in [-0.05, 0) is 38.0 Å². The van der Waals surface area contributed by atoms with Gasteiger partial charge in [-0.1, -0.05) is 18.2 Å². The second kappa shape index (κ2) is 9.04. The van der Waals surface area contributed by atoms with E-state index in [0.29, 0.717) is 25.1 Å². The molecule has 1 fully saturated rings. The first kappa shape index (κ1) is 21.3. The van der Waals surface area contributed by atoms with E-state index in [0.717, 1.165) is 43.7 Å². The summed E-state index contributed by atoms with van der Waals surface area (Å²) in [6.07, 6.45) is 5.85. The van der Waals surface area contributed by atoms with Crippen molar-refractivity contribution in [3.63, 3.8) is 0 Å². The lowest BCUT2D eigenvalue weighted by Gasteiger charge is -2.47. The Balaban J connectivity index is 1.50. The zero-order valence-corrected chi connectivity index (χ0v) is 18.3. The van der Waals surface area contributed by atoms with Crippen LogP contribution in [0.5, 0.6) is 5.75 Å². The second-order valence-corrected chi connectivity index (χ2v) is 8.42. The van der Waals surface area contributed by atoms with Crippen LogP contribution < -0.4 is 4.74 Å². The zero-order valence-electron chi connectivity index (χ0n) is 18.3. The minimum absolute atomic E-state index is 0.0192. The minimum Gasteiger partial charge on any atom is -0.487 e. The van der Waals surface area contributed by atoms with E-state index in [1.54, 1.807) is 6.07 Å². The van der Waals surface area contributed by atoms with Gasteiger partial charge in [-0.2, -0.15) is 10.2 Å². The molecule has 2 aliphatic rings. The molecule has 0 N–H and O–H groups in total. The van der Waals surface area contributed by atoms with Crippen LogP contribution in [0, 0.1) is 0 Å². The number of hydrogen-bond donors (Lipinski definition) is 0. The van der Waals surface area contributed by atoms with Crippen LogP contribution in [0.4, 0.5) is 0 Å². The third-order valence-electron chi connectivity index (χ3n) is 6.63. The number of ether oxygens (including phenoxy) is 1. The van der Waals surface area contributed by atoms with Crippen molar-refractivity contribution < 1.29 is 14.3 Å². The SMILES string of the molecule is CCN(CC)C(=O)CC1CC2(CCN(C(=O)c3ccnnc3)CC2)Oc2ccccc21. The van der Waals surface area contributed by atoms with Gasteiger partial charge in [0.15, 0.2) is 0 Å². The van der Waals surface area contributed by atoms with Gasteiger partial charge >= 0.3 is 0 Å². The van der Waals surface area contributed by atoms with Crippen LogP contribution >= 0.6 is 0 Å². The first-order valence-corrected chi connectivity index (χ1v) is 11.2. The van der Waals surface area contributed by atoms with Gasteiger partial charge in [0.1, 0.15) is 11.4 Å². The molecule has 2 aromatic rings. The van der Waals surface area contributed by atoms with Gasteiger partial charge in [-0.15, -0.1) is 0 Å². The summed E-state index contributed by atoms with van der Waals surface area (Å²) >= 11 is 0. The first-order valence-electron chi connectivity index (χ1n) is 11.2. The lowest BCUT2D eigenvalue weighted by Crippen LogP contribution is -2.52. The van der Waals surface area contributed by atoms with Gasteiger partial charge in [-0.3, -0.25) is 9.59 Å². The monoisotopic (exact) mass is 422 g/mol. The molecule has 7 nitrogen and oxygen atoms in total. The van der Waals surface area contributed by atoms with Gasteiger partial charge in [0.25, 0.3) is 5.91 Å². The molecule has 0 saturated carbocycles. The minimum atomic E-state index is -0.337. The van der Waals surface area contributed by atoms with Crippen molar-refractivity contribution >= 4 is 11.8 Å². The van der Waals surface area contributed by atoms with Crippen molar-refractivity contribution in [1.29, 1.82) is 0 Å². The molecule has 3 heterocycles. The normalized spacial score (nSPS) is 19.4. The molecule has 2 amide bonds. The number of likely N-dealkylation sites (tertiary alicyclic amines) is 1. The standard InChI is InChI=1S/C24H30N4O3/c1-3-27(4-2)22(29)15-19-16-24(31-21-8-6-5-7-20(19)21)10-13-28(14-11-24)23(30)18-9-12-25-26-17-18/h5-9,12,17,19H,3-4,10-11,13-16H2,1-2H3. The van der Waals surface area contributed by atoms with Crippen molar-refractivity contribution in [2.45, 2.75) is 51.0 Å². The van der Waals surface area contributed by atoms with Crippen LogP contribution in [0.25, 0.3) is 0 Å². The highest BCUT2D eigenvalue weighted by Crippen LogP contribution is 2.46. The van der Waals surface area contributed by atoms with E-state index in [9.17, 15) is 9.59 Å². The fourth-order valence-corrected chi connectivity index (χ4v) is 4.87. The Kier molecular flexibility index (Phi) is 6.20. The number of hydrogen-bond acceptors (Lipinski definition) is 5. The lowest BCUT2D eigenvalue weighted by molar-refractivity contribution is -0.131. The third-order valence-corrected chi connectivity index (χ3v) is 6.63. The second-order valence-electron chi connectivity index (χ2n) is 8.42. The molecule has 2 aliphatic heterocycles. The molecule has 4 rings (SSSR count). The van der Waals surface area contributed by atoms with Gasteiger partial charge in [-0.25, -0.2) is 0 Å². The van der Waals surface area contributed by atoms with E-state index in [1.165, 1.54) is 12.4 Å². The van der Waals surface area contributed by atoms with E-state index < -0.39 is 0 Å². The summed E-state index contributed by atoms with van der Waals surface area (Å²) < 4.78 is 6.53. The molecule has 1 aromatic heterocycles. The number of nitrogens with zero attached hydrogens (tertiary/aromatic N) is 4. The number of benzene rings is 1. The Morgan fingerprint density at radius 3 is 2.55 bits per heavy atom. The van der Waals surface area contributed by atoms with Crippen molar-refractivity contribution in [2.75, 3.05) is 26.2 Å². The Morgan fingerprint density at radius 1 is 1.13 bits per heavy atom. The van der Waals surface area contributed by atoms with Crippen LogP contribution in [-0.2, 0) is 4.79 Å². The van der Waals surface area contributed by atoms with E-state index in [-0.39, 0.29) is 23.3 Å². The summed E-state index contributed by atoms with van der Waals surface area (Å²) in [5.41, 5.74) is 1.34. The number of aromatic nitrogens is 2. The van der Waals surface area contributed by atoms with Gasteiger partial charge in [0, 0.05) is 51.4 Å². The number of fused-ring (bicyclic) bond motifs is 1. The smallest absolute Gasteiger partial charge is 0.255 e. The van der Waals surface area contributed by atoms with E-state index in [2.05, 4.69) is 16.3 Å². The molecule has 0 bridgehead atoms. The average molecular weight is 423 g/mol. The van der Waals surface area contributed by atoms with Gasteiger partial charge < -0.3 is 14.5 Å². The fraction of sp³-hybridized carbons (Fsp3) is 0.500. The van der Waals surface area contributed by atoms with Gasteiger partial charge in [0.05, 0.1) is 18.0 Å². The molecule has 31 heavy (non-hydrogen) atoms. The summed E-state index contributed by atoms with van der Waals surface area (Å²) in [5.74, 6) is 1.18. The molecule has 164 valence electrons. The lowest BCUT2D eigenvalue weighted by atomic mass is 9.76. The number of amides is 2. The maximum absolute atomic E-state index is 12.9. The molecule has 0 aliphatic carbocycles. The van der Waals surface area contributed by atoms with Crippen LogP contribution in [0.3, 0.4) is 0 Å². The zero-order chi connectivity index (χ0) is 21.8. The first-order chi connectivity index (χ1) is 15.0. The molecule has 0 radical (unpaired) electrons. The van der Waals surface area contributed by atoms with Crippen LogP contribution in [0.1, 0.15) is 61.4 Å². The number of piperidine rings is 1. The van der Waals surface area contributed by atoms with Crippen molar-refractivity contribution in [1.82, 2.24) is 20.0 Å². The summed E-state index contributed by atoms with van der Waals surface area (Å²) in [5, 5.41) is 7.56. The van der Waals surface area contributed by atoms with Crippen LogP contribution in [-0.4, -0.2) is 63.6 Å². The predicted octanol–water partition coefficient (Wildman–Crippen LogP) is 3.28. The van der Waals surface area contributed by atoms with E-state index in [4.69, 9.17) is 4.74 Å². The molecular weight excluding hydrogens is 392 g/mol. The average Bonchev–Trinajstić information content (AvgIpc) is 2.80. The van der Waals surface area contributed by atoms with E-state index in [1.807, 2.05) is 41.8 Å². The summed E-state index contributed by atoms with van der Waals surface area (Å²) in [7, 11) is 0. The predicted molar refractivity (Wildman–Crippen MR) is 117 cm³/mol. The Hall–Kier alpha value is -2.96. The number of rotatable bonds is 5. The Morgan fingerprint density at radius 2 is 1.87 bits per heavy atom. The van der Waals surface area contributed by atoms with Crippen molar-refractivity contribution in [3.8, 4) is 5.75 Å². The fourth-order valence-electron chi connectivity index (χ4n) is 4.87. The number of carbonyl (C=O) groups excluding carboxylic acids is 2. The third kappa shape index (κ3) is 4.40. The summed E-state index contributed by atoms with van der Waals surface area (Å²) in [6, 6.07) is 9.78. The molecule has 1 unspecified atom stereocenters. The molecule has 1 aromatic carbocycles. The Labute approximate surface area is 183 Å². The molecule has 1 saturated heterocycles. The number of para-hydroxylation sites is 1. The molecular formula is C24H30N4O3. The maximum Gasteiger partial charge on any atom is 0.255 e. The van der Waals surface area contributed by atoms with Gasteiger partial charge in [0.2, 0.25) is 5.91 Å². The largest absolute Gasteiger partial charge is 0.487 e. The van der Waals surface area contributed by atoms with E-state index >= 15 is 0 Å². The summed E-state index contributed by atoms with van der Waals surface area (Å²) in [6.45, 7) is 6.75. The molecule has 1 atom stereocenters. The topological polar surface area (TPSA) is 75.6 Å². The van der Waals surface area contributed by atoms with Crippen molar-refractivity contribution in [2.24, 2.45) is 0 Å². The maximum atomic E-state index is 12.9. The highest BCUT2D eigenvalue weighted by molar-refractivity contribution is 5.93. The molecule has 1 spiro atoms. The van der Waals surface area contributed by atoms with Crippen LogP contribution in [0.15, 0.2) is 42.7 Å². The highest BCUT2D eigenvalue weighted by Gasteiger charge is 2.44. The Bertz CT molecular complexity index is 921. The van der Waals surface area contributed by atoms with Crippen molar-refractivity contribution in [3.05, 3.63) is 53.9 Å². The quantitative estimate of drug-likeness (QED) is 0.739. The highest BCUT2D eigenvalue weighted by atomic mass is 16.5. The van der Waals surface area contributed by atoms with Crippen LogP contribution in [0.2, 0.25) is 0 Å². The number of carbonyl (C=O) groups is 2. The summed E-state index contributed by atoms with van der Waals surface area (Å²) in [4.78, 5) is 29.4.